The minimum Gasteiger partial charge on any atom is -0.496 e. The van der Waals surface area contributed by atoms with Crippen LogP contribution in [-0.2, 0) is 16.0 Å². The van der Waals surface area contributed by atoms with Crippen LogP contribution in [0.1, 0.15) is 31.2 Å². The predicted molar refractivity (Wildman–Crippen MR) is 84.9 cm³/mol. The summed E-state index contributed by atoms with van der Waals surface area (Å²) >= 11 is 6.19. The van der Waals surface area contributed by atoms with Crippen LogP contribution >= 0.6 is 11.6 Å². The lowest BCUT2D eigenvalue weighted by molar-refractivity contribution is -0.135. The van der Waals surface area contributed by atoms with E-state index in [0.29, 0.717) is 22.9 Å². The van der Waals surface area contributed by atoms with Gasteiger partial charge in [-0.15, -0.1) is 0 Å². The number of rotatable bonds is 5. The molecule has 0 bridgehead atoms. The van der Waals surface area contributed by atoms with Crippen molar-refractivity contribution in [3.05, 3.63) is 28.8 Å². The number of hydrogen-bond acceptors (Lipinski definition) is 3. The molecule has 1 fully saturated rings. The third-order valence-electron chi connectivity index (χ3n) is 4.01. The Morgan fingerprint density at radius 1 is 1.41 bits per heavy atom. The minimum atomic E-state index is -0.375. The summed E-state index contributed by atoms with van der Waals surface area (Å²) in [6.07, 6.45) is 3.15. The fraction of sp³-hybridized carbons (Fsp3) is 0.500. The molecule has 5 nitrogen and oxygen atoms in total. The Labute approximate surface area is 135 Å². The lowest BCUT2D eigenvalue weighted by Crippen LogP contribution is -2.46. The number of nitrogens with two attached hydrogens (primary N) is 1. The fourth-order valence-corrected chi connectivity index (χ4v) is 3.16. The van der Waals surface area contributed by atoms with Gasteiger partial charge in [0.1, 0.15) is 5.75 Å². The van der Waals surface area contributed by atoms with Crippen LogP contribution < -0.4 is 10.5 Å². The molecule has 1 saturated heterocycles. The number of ether oxygens (including phenoxy) is 1. The number of halogens is 1. The molecule has 1 heterocycles. The highest BCUT2D eigenvalue weighted by Gasteiger charge is 2.28. The Balaban J connectivity index is 2.15. The molecular weight excluding hydrogens is 304 g/mol. The van der Waals surface area contributed by atoms with Gasteiger partial charge in [0.15, 0.2) is 0 Å². The van der Waals surface area contributed by atoms with Gasteiger partial charge in [-0.1, -0.05) is 17.7 Å². The molecule has 2 rings (SSSR count). The average Bonchev–Trinajstić information content (AvgIpc) is 2.49. The van der Waals surface area contributed by atoms with Crippen molar-refractivity contribution >= 4 is 23.4 Å². The monoisotopic (exact) mass is 324 g/mol. The third kappa shape index (κ3) is 3.91. The normalized spacial score (nSPS) is 18.1. The predicted octanol–water partition coefficient (Wildman–Crippen LogP) is 2.15. The molecule has 0 aromatic heterocycles. The summed E-state index contributed by atoms with van der Waals surface area (Å²) in [5.74, 6) is 0.182. The van der Waals surface area contributed by atoms with Crippen molar-refractivity contribution in [1.82, 2.24) is 4.90 Å². The lowest BCUT2D eigenvalue weighted by atomic mass is 9.98. The van der Waals surface area contributed by atoms with Gasteiger partial charge in [-0.3, -0.25) is 9.59 Å². The lowest BCUT2D eigenvalue weighted by Gasteiger charge is -2.35. The molecular formula is C16H21ClN2O3. The molecule has 0 unspecified atom stereocenters. The van der Waals surface area contributed by atoms with E-state index in [4.69, 9.17) is 22.1 Å². The van der Waals surface area contributed by atoms with Crippen molar-refractivity contribution < 1.29 is 14.3 Å². The van der Waals surface area contributed by atoms with Crippen molar-refractivity contribution in [1.29, 1.82) is 0 Å². The number of methoxy groups -OCH3 is 1. The van der Waals surface area contributed by atoms with Crippen molar-refractivity contribution in [2.45, 2.75) is 38.1 Å². The zero-order valence-corrected chi connectivity index (χ0v) is 13.4. The molecule has 0 spiro atoms. The van der Waals surface area contributed by atoms with Crippen molar-refractivity contribution in [3.63, 3.8) is 0 Å². The maximum Gasteiger partial charge on any atom is 0.227 e. The van der Waals surface area contributed by atoms with Gasteiger partial charge in [-0.05, 0) is 31.4 Å². The van der Waals surface area contributed by atoms with E-state index < -0.39 is 0 Å². The first-order valence-electron chi connectivity index (χ1n) is 7.42. The largest absolute Gasteiger partial charge is 0.496 e. The summed E-state index contributed by atoms with van der Waals surface area (Å²) in [6.45, 7) is 0.656. The summed E-state index contributed by atoms with van der Waals surface area (Å²) < 4.78 is 5.28. The molecule has 1 atom stereocenters. The molecule has 1 aromatic rings. The van der Waals surface area contributed by atoms with Crippen LogP contribution in [0.4, 0.5) is 0 Å². The molecule has 1 aromatic carbocycles. The van der Waals surface area contributed by atoms with Crippen molar-refractivity contribution in [3.8, 4) is 5.75 Å². The molecule has 2 N–H and O–H groups in total. The van der Waals surface area contributed by atoms with Crippen LogP contribution in [0.15, 0.2) is 18.2 Å². The smallest absolute Gasteiger partial charge is 0.227 e. The molecule has 120 valence electrons. The summed E-state index contributed by atoms with van der Waals surface area (Å²) in [7, 11) is 1.55. The van der Waals surface area contributed by atoms with E-state index in [1.165, 1.54) is 0 Å². The number of carbonyl (C=O) groups is 2. The first kappa shape index (κ1) is 16.6. The summed E-state index contributed by atoms with van der Waals surface area (Å²) in [5.41, 5.74) is 5.97. The minimum absolute atomic E-state index is 0.0441. The number of nitrogens with zero attached hydrogens (tertiary/aromatic N) is 1. The number of piperidine rings is 1. The number of amides is 2. The fourth-order valence-electron chi connectivity index (χ4n) is 2.93. The number of hydrogen-bond donors (Lipinski definition) is 1. The Hall–Kier alpha value is -1.75. The van der Waals surface area contributed by atoms with E-state index in [1.54, 1.807) is 30.2 Å². The highest BCUT2D eigenvalue weighted by atomic mass is 35.5. The van der Waals surface area contributed by atoms with Crippen molar-refractivity contribution in [2.75, 3.05) is 13.7 Å². The van der Waals surface area contributed by atoms with E-state index in [9.17, 15) is 9.59 Å². The zero-order chi connectivity index (χ0) is 16.1. The third-order valence-corrected chi connectivity index (χ3v) is 4.36. The molecule has 0 saturated carbocycles. The molecule has 0 aliphatic carbocycles. The standard InChI is InChI=1S/C16H21ClN2O3/c1-22-14-7-4-6-13(17)12(14)10-16(21)19-8-3-2-5-11(19)9-15(18)20/h4,6-7,11H,2-3,5,8-10H2,1H3,(H2,18,20)/t11-/m0/s1. The highest BCUT2D eigenvalue weighted by molar-refractivity contribution is 6.31. The van der Waals surface area contributed by atoms with E-state index in [0.717, 1.165) is 19.3 Å². The topological polar surface area (TPSA) is 72.6 Å². The van der Waals surface area contributed by atoms with E-state index in [-0.39, 0.29) is 30.7 Å². The number of benzene rings is 1. The average molecular weight is 325 g/mol. The molecule has 0 radical (unpaired) electrons. The van der Waals surface area contributed by atoms with Gasteiger partial charge in [0.2, 0.25) is 11.8 Å². The maximum absolute atomic E-state index is 12.6. The van der Waals surface area contributed by atoms with Crippen LogP contribution in [0.3, 0.4) is 0 Å². The van der Waals surface area contributed by atoms with Gasteiger partial charge in [-0.2, -0.15) is 0 Å². The number of carbonyl (C=O) groups excluding carboxylic acids is 2. The molecule has 22 heavy (non-hydrogen) atoms. The van der Waals surface area contributed by atoms with Gasteiger partial charge in [0, 0.05) is 29.6 Å². The SMILES string of the molecule is COc1cccc(Cl)c1CC(=O)N1CCCC[C@H]1CC(N)=O. The van der Waals surface area contributed by atoms with Gasteiger partial charge in [-0.25, -0.2) is 0 Å². The van der Waals surface area contributed by atoms with Gasteiger partial charge in [0.05, 0.1) is 13.5 Å². The second kappa shape index (κ2) is 7.49. The summed E-state index contributed by atoms with van der Waals surface area (Å²) in [4.78, 5) is 25.6. The van der Waals surface area contributed by atoms with Crippen LogP contribution in [0.2, 0.25) is 5.02 Å². The first-order chi connectivity index (χ1) is 10.5. The van der Waals surface area contributed by atoms with Gasteiger partial charge >= 0.3 is 0 Å². The Bertz CT molecular complexity index is 562. The second-order valence-electron chi connectivity index (χ2n) is 5.50. The molecule has 1 aliphatic heterocycles. The van der Waals surface area contributed by atoms with E-state index >= 15 is 0 Å². The Morgan fingerprint density at radius 2 is 2.18 bits per heavy atom. The molecule has 1 aliphatic rings. The molecule has 6 heteroatoms. The maximum atomic E-state index is 12.6. The van der Waals surface area contributed by atoms with Crippen LogP contribution in [0.25, 0.3) is 0 Å². The second-order valence-corrected chi connectivity index (χ2v) is 5.91. The number of likely N-dealkylation sites (tertiary alicyclic amines) is 1. The van der Waals surface area contributed by atoms with E-state index in [2.05, 4.69) is 0 Å². The summed E-state index contributed by atoms with van der Waals surface area (Å²) in [5, 5.41) is 0.510. The number of primary amides is 1. The highest BCUT2D eigenvalue weighted by Crippen LogP contribution is 2.28. The van der Waals surface area contributed by atoms with Gasteiger partial charge < -0.3 is 15.4 Å². The Morgan fingerprint density at radius 3 is 2.86 bits per heavy atom. The Kier molecular flexibility index (Phi) is 5.66. The quantitative estimate of drug-likeness (QED) is 0.902. The zero-order valence-electron chi connectivity index (χ0n) is 12.7. The van der Waals surface area contributed by atoms with Crippen LogP contribution in [0, 0.1) is 0 Å². The summed E-state index contributed by atoms with van der Waals surface area (Å²) in [6, 6.07) is 5.20. The van der Waals surface area contributed by atoms with E-state index in [1.807, 2.05) is 0 Å². The van der Waals surface area contributed by atoms with Crippen LogP contribution in [0.5, 0.6) is 5.75 Å². The van der Waals surface area contributed by atoms with Gasteiger partial charge in [0.25, 0.3) is 0 Å². The van der Waals surface area contributed by atoms with Crippen molar-refractivity contribution in [2.24, 2.45) is 5.73 Å². The van der Waals surface area contributed by atoms with Crippen LogP contribution in [-0.4, -0.2) is 36.4 Å². The first-order valence-corrected chi connectivity index (χ1v) is 7.80. The molecule has 2 amide bonds.